The average molecular weight is 197 g/mol. The first-order valence-corrected chi connectivity index (χ1v) is 4.73. The first-order valence-electron chi connectivity index (χ1n) is 4.73. The summed E-state index contributed by atoms with van der Waals surface area (Å²) in [4.78, 5) is 0. The van der Waals surface area contributed by atoms with E-state index in [2.05, 4.69) is 0 Å². The van der Waals surface area contributed by atoms with Gasteiger partial charge in [-0.2, -0.15) is 0 Å². The molecule has 1 aromatic rings. The maximum Gasteiger partial charge on any atom is 0.147 e. The van der Waals surface area contributed by atoms with E-state index < -0.39 is 0 Å². The summed E-state index contributed by atoms with van der Waals surface area (Å²) in [5.74, 6) is 0.711. The fourth-order valence-electron chi connectivity index (χ4n) is 1.16. The number of para-hydroxylation sites is 1. The van der Waals surface area contributed by atoms with Crippen molar-refractivity contribution in [1.29, 1.82) is 0 Å². The van der Waals surface area contributed by atoms with Crippen LogP contribution in [0.5, 0.6) is 5.75 Å². The molecule has 0 saturated heterocycles. The van der Waals surface area contributed by atoms with Gasteiger partial charge in [0.15, 0.2) is 0 Å². The van der Waals surface area contributed by atoms with Gasteiger partial charge in [-0.1, -0.05) is 26.0 Å². The van der Waals surface area contributed by atoms with Crippen molar-refractivity contribution < 1.29 is 9.94 Å². The Morgan fingerprint density at radius 3 is 2.21 bits per heavy atom. The number of hydroxylamine groups is 1. The van der Waals surface area contributed by atoms with Crippen LogP contribution in [0.2, 0.25) is 0 Å². The second kappa shape index (κ2) is 6.27. The molecule has 0 heterocycles. The predicted octanol–water partition coefficient (Wildman–Crippen LogP) is 2.86. The third kappa shape index (κ3) is 2.92. The Balaban J connectivity index is 0.000000791. The number of benzene rings is 1. The minimum atomic E-state index is 0.678. The molecule has 1 aromatic carbocycles. The fourth-order valence-corrected chi connectivity index (χ4v) is 1.16. The molecule has 0 bridgehead atoms. The molecule has 0 saturated carbocycles. The maximum atomic E-state index is 9.21. The number of hydrogen-bond acceptors (Lipinski definition) is 3. The number of hydrogen-bond donors (Lipinski definition) is 1. The molecule has 0 fully saturated rings. The average Bonchev–Trinajstić information content (AvgIpc) is 2.20. The quantitative estimate of drug-likeness (QED) is 0.740. The Hall–Kier alpha value is -1.22. The van der Waals surface area contributed by atoms with Crippen LogP contribution in [0.25, 0.3) is 0 Å². The van der Waals surface area contributed by atoms with E-state index in [1.54, 1.807) is 20.2 Å². The zero-order valence-electron chi connectivity index (χ0n) is 9.53. The van der Waals surface area contributed by atoms with Crippen molar-refractivity contribution in [2.24, 2.45) is 0 Å². The third-order valence-electron chi connectivity index (χ3n) is 1.74. The van der Waals surface area contributed by atoms with Gasteiger partial charge in [0, 0.05) is 7.05 Å². The lowest BCUT2D eigenvalue weighted by Gasteiger charge is -2.15. The van der Waals surface area contributed by atoms with Gasteiger partial charge < -0.3 is 4.74 Å². The predicted molar refractivity (Wildman–Crippen MR) is 59.3 cm³/mol. The number of nitrogens with zero attached hydrogens (tertiary/aromatic N) is 1. The number of rotatable bonds is 2. The van der Waals surface area contributed by atoms with Gasteiger partial charge in [0.05, 0.1) is 7.11 Å². The molecule has 0 radical (unpaired) electrons. The first kappa shape index (κ1) is 12.8. The molecule has 0 unspecified atom stereocenters. The molecule has 0 amide bonds. The van der Waals surface area contributed by atoms with Crippen molar-refractivity contribution in [3.8, 4) is 5.75 Å². The minimum absolute atomic E-state index is 0.678. The van der Waals surface area contributed by atoms with Crippen LogP contribution in [0.4, 0.5) is 5.69 Å². The topological polar surface area (TPSA) is 32.7 Å². The largest absolute Gasteiger partial charge is 0.494 e. The molecule has 1 N–H and O–H groups in total. The monoisotopic (exact) mass is 197 g/mol. The summed E-state index contributed by atoms with van der Waals surface area (Å²) in [7, 11) is 3.16. The van der Waals surface area contributed by atoms with Crippen molar-refractivity contribution in [3.63, 3.8) is 0 Å². The highest BCUT2D eigenvalue weighted by atomic mass is 16.5. The lowest BCUT2D eigenvalue weighted by Crippen LogP contribution is -2.11. The molecule has 0 aliphatic rings. The van der Waals surface area contributed by atoms with Crippen LogP contribution in [-0.2, 0) is 0 Å². The normalized spacial score (nSPS) is 8.71. The molecule has 0 aliphatic carbocycles. The molecular weight excluding hydrogens is 178 g/mol. The van der Waals surface area contributed by atoms with Gasteiger partial charge in [-0.05, 0) is 18.6 Å². The van der Waals surface area contributed by atoms with Crippen molar-refractivity contribution in [2.45, 2.75) is 20.8 Å². The maximum absolute atomic E-state index is 9.21. The van der Waals surface area contributed by atoms with Crippen LogP contribution < -0.4 is 9.80 Å². The molecule has 3 nitrogen and oxygen atoms in total. The number of anilines is 1. The van der Waals surface area contributed by atoms with E-state index in [0.29, 0.717) is 11.4 Å². The van der Waals surface area contributed by atoms with E-state index in [9.17, 15) is 5.21 Å². The molecule has 1 rings (SSSR count). The Morgan fingerprint density at radius 1 is 1.29 bits per heavy atom. The van der Waals surface area contributed by atoms with Crippen LogP contribution in [0, 0.1) is 6.92 Å². The van der Waals surface area contributed by atoms with Gasteiger partial charge >= 0.3 is 0 Å². The zero-order valence-corrected chi connectivity index (χ0v) is 9.53. The number of methoxy groups -OCH3 is 1. The van der Waals surface area contributed by atoms with Crippen LogP contribution in [-0.4, -0.2) is 19.4 Å². The third-order valence-corrected chi connectivity index (χ3v) is 1.74. The number of aryl methyl sites for hydroxylation is 1. The molecule has 80 valence electrons. The van der Waals surface area contributed by atoms with E-state index in [1.807, 2.05) is 32.9 Å². The van der Waals surface area contributed by atoms with E-state index in [1.165, 1.54) is 0 Å². The molecule has 3 heteroatoms. The molecule has 14 heavy (non-hydrogen) atoms. The summed E-state index contributed by atoms with van der Waals surface area (Å²) < 4.78 is 5.14. The Bertz CT molecular complexity index is 272. The fraction of sp³-hybridized carbons (Fsp3) is 0.455. The van der Waals surface area contributed by atoms with E-state index in [-0.39, 0.29) is 0 Å². The van der Waals surface area contributed by atoms with E-state index in [0.717, 1.165) is 10.6 Å². The molecular formula is C11H19NO2. The second-order valence-corrected chi connectivity index (χ2v) is 2.65. The smallest absolute Gasteiger partial charge is 0.147 e. The first-order chi connectivity index (χ1) is 6.66. The summed E-state index contributed by atoms with van der Waals surface area (Å²) >= 11 is 0. The van der Waals surface area contributed by atoms with Gasteiger partial charge in [-0.15, -0.1) is 0 Å². The van der Waals surface area contributed by atoms with Crippen LogP contribution in [0.1, 0.15) is 19.4 Å². The highest BCUT2D eigenvalue weighted by molar-refractivity contribution is 5.59. The van der Waals surface area contributed by atoms with Crippen molar-refractivity contribution in [1.82, 2.24) is 0 Å². The van der Waals surface area contributed by atoms with Crippen molar-refractivity contribution in [3.05, 3.63) is 23.8 Å². The summed E-state index contributed by atoms with van der Waals surface area (Å²) in [6.45, 7) is 5.94. The highest BCUT2D eigenvalue weighted by Crippen LogP contribution is 2.29. The van der Waals surface area contributed by atoms with Gasteiger partial charge in [0.2, 0.25) is 0 Å². The van der Waals surface area contributed by atoms with Crippen LogP contribution in [0.3, 0.4) is 0 Å². The lowest BCUT2D eigenvalue weighted by molar-refractivity contribution is 0.274. The molecule has 0 spiro atoms. The zero-order chi connectivity index (χ0) is 11.1. The van der Waals surface area contributed by atoms with E-state index >= 15 is 0 Å². The molecule has 0 aliphatic heterocycles. The Morgan fingerprint density at radius 2 is 1.86 bits per heavy atom. The summed E-state index contributed by atoms with van der Waals surface area (Å²) in [5.41, 5.74) is 1.69. The highest BCUT2D eigenvalue weighted by Gasteiger charge is 2.07. The standard InChI is InChI=1S/C9H13NO2.C2H6/c1-7-5-4-6-8(10(2)11)9(7)12-3;1-2/h4-6,11H,1-3H3;1-2H3. The summed E-state index contributed by atoms with van der Waals surface area (Å²) in [6.07, 6.45) is 0. The molecule has 0 atom stereocenters. The van der Waals surface area contributed by atoms with Gasteiger partial charge in [0.25, 0.3) is 0 Å². The van der Waals surface area contributed by atoms with Gasteiger partial charge in [-0.3, -0.25) is 10.3 Å². The second-order valence-electron chi connectivity index (χ2n) is 2.65. The Labute approximate surface area is 85.9 Å². The van der Waals surface area contributed by atoms with Gasteiger partial charge in [0.1, 0.15) is 11.4 Å². The minimum Gasteiger partial charge on any atom is -0.494 e. The van der Waals surface area contributed by atoms with Crippen molar-refractivity contribution >= 4 is 5.69 Å². The Kier molecular flexibility index (Phi) is 5.72. The summed E-state index contributed by atoms with van der Waals surface area (Å²) in [5, 5.41) is 10.3. The van der Waals surface area contributed by atoms with Crippen molar-refractivity contribution in [2.75, 3.05) is 19.2 Å². The van der Waals surface area contributed by atoms with Crippen LogP contribution >= 0.6 is 0 Å². The lowest BCUT2D eigenvalue weighted by atomic mass is 10.2. The summed E-state index contributed by atoms with van der Waals surface area (Å²) in [6, 6.07) is 5.61. The van der Waals surface area contributed by atoms with Crippen LogP contribution in [0.15, 0.2) is 18.2 Å². The van der Waals surface area contributed by atoms with Gasteiger partial charge in [-0.25, -0.2) is 0 Å². The SMILES string of the molecule is CC.COc1c(C)cccc1N(C)O. The van der Waals surface area contributed by atoms with E-state index in [4.69, 9.17) is 4.74 Å². The molecule has 0 aromatic heterocycles. The number of ether oxygens (including phenoxy) is 1.